The molecule has 106 valence electrons. The summed E-state index contributed by atoms with van der Waals surface area (Å²) >= 11 is 1.39. The number of nitrogens with zero attached hydrogens (tertiary/aromatic N) is 3. The summed E-state index contributed by atoms with van der Waals surface area (Å²) in [5, 5.41) is 4.98. The summed E-state index contributed by atoms with van der Waals surface area (Å²) in [5.41, 5.74) is 7.20. The second-order valence-corrected chi connectivity index (χ2v) is 5.32. The molecule has 21 heavy (non-hydrogen) atoms. The minimum absolute atomic E-state index is 0.219. The van der Waals surface area contributed by atoms with Crippen LogP contribution >= 0.6 is 11.8 Å². The zero-order valence-electron chi connectivity index (χ0n) is 11.1. The maximum atomic E-state index is 11.3. The monoisotopic (exact) mass is 299 g/mol. The fourth-order valence-corrected chi connectivity index (χ4v) is 2.61. The largest absolute Gasteiger partial charge is 0.383 e. The van der Waals surface area contributed by atoms with E-state index in [1.165, 1.54) is 17.8 Å². The maximum absolute atomic E-state index is 11.3. The van der Waals surface area contributed by atoms with Gasteiger partial charge in [-0.25, -0.2) is 9.67 Å². The summed E-state index contributed by atoms with van der Waals surface area (Å²) in [6, 6.07) is 13.1. The van der Waals surface area contributed by atoms with Gasteiger partial charge >= 0.3 is 0 Å². The first-order valence-corrected chi connectivity index (χ1v) is 7.29. The third kappa shape index (κ3) is 3.32. The molecule has 0 amide bonds. The quantitative estimate of drug-likeness (QED) is 0.566. The molecule has 6 nitrogen and oxygen atoms in total. The second-order valence-electron chi connectivity index (χ2n) is 4.35. The molecule has 0 aliphatic rings. The molecule has 2 heterocycles. The third-order valence-electron chi connectivity index (χ3n) is 2.76. The molecule has 0 fully saturated rings. The molecule has 3 aromatic rings. The predicted molar refractivity (Wildman–Crippen MR) is 82.4 cm³/mol. The van der Waals surface area contributed by atoms with Crippen molar-refractivity contribution in [1.29, 1.82) is 0 Å². The molecule has 3 rings (SSSR count). The molecular weight excluding hydrogens is 286 g/mol. The normalized spacial score (nSPS) is 10.7. The fraction of sp³-hybridized carbons (Fsp3) is 0.0714. The second kappa shape index (κ2) is 5.84. The van der Waals surface area contributed by atoms with Gasteiger partial charge in [-0.15, -0.1) is 0 Å². The Morgan fingerprint density at radius 3 is 2.81 bits per heavy atom. The van der Waals surface area contributed by atoms with Crippen LogP contribution in [0.2, 0.25) is 0 Å². The summed E-state index contributed by atoms with van der Waals surface area (Å²) in [6.07, 6.45) is 1.90. The number of hydrogen-bond acceptors (Lipinski definition) is 5. The van der Waals surface area contributed by atoms with Crippen LogP contribution in [0.1, 0.15) is 5.69 Å². The molecule has 7 heteroatoms. The van der Waals surface area contributed by atoms with Crippen LogP contribution < -0.4 is 11.3 Å². The lowest BCUT2D eigenvalue weighted by molar-refractivity contribution is 0.858. The molecule has 3 N–H and O–H groups in total. The van der Waals surface area contributed by atoms with E-state index >= 15 is 0 Å². The van der Waals surface area contributed by atoms with E-state index in [2.05, 4.69) is 15.1 Å². The fourth-order valence-electron chi connectivity index (χ4n) is 1.83. The van der Waals surface area contributed by atoms with Crippen molar-refractivity contribution in [1.82, 2.24) is 19.7 Å². The molecule has 0 atom stereocenters. The number of thioether (sulfide) groups is 1. The number of para-hydroxylation sites is 1. The Morgan fingerprint density at radius 2 is 2.05 bits per heavy atom. The molecule has 0 aliphatic carbocycles. The first-order valence-electron chi connectivity index (χ1n) is 6.30. The molecule has 2 aromatic heterocycles. The highest BCUT2D eigenvalue weighted by Gasteiger charge is 2.04. The number of anilines is 1. The Bertz CT molecular complexity index is 796. The van der Waals surface area contributed by atoms with E-state index < -0.39 is 0 Å². The first-order chi connectivity index (χ1) is 10.2. The van der Waals surface area contributed by atoms with Gasteiger partial charge in [-0.05, 0) is 18.2 Å². The van der Waals surface area contributed by atoms with Crippen molar-refractivity contribution in [2.45, 2.75) is 10.9 Å². The summed E-state index contributed by atoms with van der Waals surface area (Å²) in [7, 11) is 0. The number of aromatic nitrogens is 4. The number of nitrogens with one attached hydrogen (secondary N) is 1. The van der Waals surface area contributed by atoms with Crippen molar-refractivity contribution in [3.8, 4) is 5.69 Å². The van der Waals surface area contributed by atoms with E-state index in [-0.39, 0.29) is 11.4 Å². The highest BCUT2D eigenvalue weighted by Crippen LogP contribution is 2.18. The number of benzene rings is 1. The van der Waals surface area contributed by atoms with E-state index in [9.17, 15) is 4.79 Å². The van der Waals surface area contributed by atoms with Gasteiger partial charge in [0.2, 0.25) is 0 Å². The van der Waals surface area contributed by atoms with Gasteiger partial charge < -0.3 is 10.7 Å². The number of rotatable bonds is 4. The highest BCUT2D eigenvalue weighted by molar-refractivity contribution is 7.98. The highest BCUT2D eigenvalue weighted by atomic mass is 32.2. The lowest BCUT2D eigenvalue weighted by atomic mass is 10.3. The SMILES string of the molecule is Nc1cc(=O)[nH]c(SCc2ccn(-c3ccccc3)n2)n1. The molecule has 0 spiro atoms. The van der Waals surface area contributed by atoms with E-state index in [1.807, 2.05) is 47.3 Å². The van der Waals surface area contributed by atoms with Gasteiger partial charge in [-0.1, -0.05) is 30.0 Å². The molecule has 0 bridgehead atoms. The van der Waals surface area contributed by atoms with Crippen LogP contribution in [0.5, 0.6) is 0 Å². The summed E-state index contributed by atoms with van der Waals surface area (Å²) in [4.78, 5) is 18.0. The third-order valence-corrected chi connectivity index (χ3v) is 3.67. The van der Waals surface area contributed by atoms with Gasteiger partial charge in [0, 0.05) is 18.0 Å². The van der Waals surface area contributed by atoms with Crippen LogP contribution in [0.4, 0.5) is 5.82 Å². The van der Waals surface area contributed by atoms with Crippen LogP contribution in [0.15, 0.2) is 58.6 Å². The van der Waals surface area contributed by atoms with Gasteiger partial charge in [0.1, 0.15) is 5.82 Å². The Kier molecular flexibility index (Phi) is 3.74. The zero-order chi connectivity index (χ0) is 14.7. The van der Waals surface area contributed by atoms with Gasteiger partial charge in [0.25, 0.3) is 5.56 Å². The topological polar surface area (TPSA) is 89.6 Å². The lowest BCUT2D eigenvalue weighted by Gasteiger charge is -2.01. The molecule has 0 unspecified atom stereocenters. The van der Waals surface area contributed by atoms with Crippen LogP contribution in [-0.2, 0) is 5.75 Å². The summed E-state index contributed by atoms with van der Waals surface area (Å²) in [6.45, 7) is 0. The van der Waals surface area contributed by atoms with Crippen molar-refractivity contribution in [3.63, 3.8) is 0 Å². The Balaban J connectivity index is 1.72. The van der Waals surface area contributed by atoms with E-state index in [0.717, 1.165) is 11.4 Å². The van der Waals surface area contributed by atoms with Crippen LogP contribution in [0.3, 0.4) is 0 Å². The first kappa shape index (κ1) is 13.4. The standard InChI is InChI=1S/C14H13N5OS/c15-12-8-13(20)17-14(16-12)21-9-10-6-7-19(18-10)11-4-2-1-3-5-11/h1-8H,9H2,(H3,15,16,17,20). The average Bonchev–Trinajstić information content (AvgIpc) is 2.94. The smallest absolute Gasteiger partial charge is 0.253 e. The number of aromatic amines is 1. The van der Waals surface area contributed by atoms with Crippen molar-refractivity contribution in [2.75, 3.05) is 5.73 Å². The number of hydrogen-bond donors (Lipinski definition) is 2. The van der Waals surface area contributed by atoms with Crippen LogP contribution in [0.25, 0.3) is 5.69 Å². The minimum atomic E-state index is -0.250. The molecule has 0 aliphatic heterocycles. The molecule has 0 saturated carbocycles. The summed E-state index contributed by atoms with van der Waals surface area (Å²) in [5.74, 6) is 0.822. The number of nitrogen functional groups attached to an aromatic ring is 1. The van der Waals surface area contributed by atoms with Crippen molar-refractivity contribution < 1.29 is 0 Å². The minimum Gasteiger partial charge on any atom is -0.383 e. The molecule has 0 saturated heterocycles. The Hall–Kier alpha value is -2.54. The van der Waals surface area contributed by atoms with Gasteiger partial charge in [-0.2, -0.15) is 5.10 Å². The van der Waals surface area contributed by atoms with Crippen molar-refractivity contribution in [3.05, 3.63) is 64.7 Å². The van der Waals surface area contributed by atoms with E-state index in [0.29, 0.717) is 10.9 Å². The average molecular weight is 299 g/mol. The molecule has 1 aromatic carbocycles. The van der Waals surface area contributed by atoms with Crippen LogP contribution in [-0.4, -0.2) is 19.7 Å². The van der Waals surface area contributed by atoms with E-state index in [1.54, 1.807) is 0 Å². The number of H-pyrrole nitrogens is 1. The Morgan fingerprint density at radius 1 is 1.24 bits per heavy atom. The lowest BCUT2D eigenvalue weighted by Crippen LogP contribution is -2.09. The summed E-state index contributed by atoms with van der Waals surface area (Å²) < 4.78 is 1.81. The zero-order valence-corrected chi connectivity index (χ0v) is 11.9. The Labute approximate surface area is 125 Å². The van der Waals surface area contributed by atoms with Crippen LogP contribution in [0, 0.1) is 0 Å². The predicted octanol–water partition coefficient (Wildman–Crippen LogP) is 1.83. The van der Waals surface area contributed by atoms with Gasteiger partial charge in [-0.3, -0.25) is 4.79 Å². The number of nitrogens with two attached hydrogens (primary N) is 1. The van der Waals surface area contributed by atoms with E-state index in [4.69, 9.17) is 5.73 Å². The maximum Gasteiger partial charge on any atom is 0.253 e. The van der Waals surface area contributed by atoms with Gasteiger partial charge in [0.05, 0.1) is 11.4 Å². The van der Waals surface area contributed by atoms with Gasteiger partial charge in [0.15, 0.2) is 5.16 Å². The van der Waals surface area contributed by atoms with Crippen molar-refractivity contribution >= 4 is 17.6 Å². The van der Waals surface area contributed by atoms with Crippen molar-refractivity contribution in [2.24, 2.45) is 0 Å². The molecule has 0 radical (unpaired) electrons. The molecular formula is C14H13N5OS.